The summed E-state index contributed by atoms with van der Waals surface area (Å²) < 4.78 is 0. The van der Waals surface area contributed by atoms with Gasteiger partial charge in [-0.15, -0.1) is 0 Å². The molecule has 0 aromatic rings. The normalized spacial score (nSPS) is 42.8. The van der Waals surface area contributed by atoms with Crippen LogP contribution in [-0.4, -0.2) is 22.4 Å². The highest BCUT2D eigenvalue weighted by Crippen LogP contribution is 2.50. The number of carboxylic acid groups (broad SMARTS) is 1. The van der Waals surface area contributed by atoms with Crippen molar-refractivity contribution in [1.29, 1.82) is 0 Å². The second-order valence-electron chi connectivity index (χ2n) is 5.25. The van der Waals surface area contributed by atoms with Crippen LogP contribution in [0.5, 0.6) is 0 Å². The molecule has 0 radical (unpaired) electrons. The number of hydrogen-bond acceptors (Lipinski definition) is 3. The number of rotatable bonds is 1. The fourth-order valence-electron chi connectivity index (χ4n) is 3.54. The Morgan fingerprint density at radius 3 is 2.60 bits per heavy atom. The van der Waals surface area contributed by atoms with Crippen LogP contribution in [0.3, 0.4) is 0 Å². The molecule has 82 valence electrons. The molecular formula is C11H15NO3. The summed E-state index contributed by atoms with van der Waals surface area (Å²) in [5, 5.41) is 12.6. The molecule has 2 aliphatic carbocycles. The fraction of sp³-hybridized carbons (Fsp3) is 0.818. The van der Waals surface area contributed by atoms with Gasteiger partial charge in [0.05, 0.1) is 0 Å². The molecule has 15 heavy (non-hydrogen) atoms. The summed E-state index contributed by atoms with van der Waals surface area (Å²) in [7, 11) is 0. The second kappa shape index (κ2) is 2.97. The number of oxime groups is 1. The monoisotopic (exact) mass is 209 g/mol. The summed E-state index contributed by atoms with van der Waals surface area (Å²) in [6.45, 7) is 0. The molecule has 2 fully saturated rings. The largest absolute Gasteiger partial charge is 0.477 e. The van der Waals surface area contributed by atoms with Crippen LogP contribution in [-0.2, 0) is 9.63 Å². The van der Waals surface area contributed by atoms with E-state index >= 15 is 0 Å². The SMILES string of the molecule is O=C(O)C1=NOC2(C1)CC1CCC(C1)C2. The molecule has 2 bridgehead atoms. The van der Waals surface area contributed by atoms with Crippen molar-refractivity contribution in [3.05, 3.63) is 0 Å². The van der Waals surface area contributed by atoms with Crippen molar-refractivity contribution in [3.63, 3.8) is 0 Å². The molecule has 1 spiro atoms. The number of carbonyl (C=O) groups is 1. The second-order valence-corrected chi connectivity index (χ2v) is 5.25. The van der Waals surface area contributed by atoms with Crippen LogP contribution in [0.15, 0.2) is 5.16 Å². The smallest absolute Gasteiger partial charge is 0.353 e. The maximum Gasteiger partial charge on any atom is 0.353 e. The molecule has 2 unspecified atom stereocenters. The quantitative estimate of drug-likeness (QED) is 0.716. The van der Waals surface area contributed by atoms with Crippen molar-refractivity contribution in [2.75, 3.05) is 0 Å². The van der Waals surface area contributed by atoms with Crippen molar-refractivity contribution in [2.45, 2.75) is 44.1 Å². The van der Waals surface area contributed by atoms with Crippen molar-refractivity contribution in [2.24, 2.45) is 17.0 Å². The van der Waals surface area contributed by atoms with E-state index in [1.807, 2.05) is 0 Å². The molecule has 0 aromatic heterocycles. The highest BCUT2D eigenvalue weighted by Gasteiger charge is 2.49. The van der Waals surface area contributed by atoms with E-state index in [4.69, 9.17) is 9.94 Å². The van der Waals surface area contributed by atoms with E-state index < -0.39 is 5.97 Å². The molecule has 2 atom stereocenters. The first-order valence-electron chi connectivity index (χ1n) is 5.65. The topological polar surface area (TPSA) is 58.9 Å². The first-order chi connectivity index (χ1) is 7.17. The molecule has 3 aliphatic rings. The van der Waals surface area contributed by atoms with Gasteiger partial charge in [0, 0.05) is 6.42 Å². The van der Waals surface area contributed by atoms with Gasteiger partial charge in [0.25, 0.3) is 0 Å². The molecule has 0 saturated heterocycles. The maximum absolute atomic E-state index is 10.8. The molecule has 4 nitrogen and oxygen atoms in total. The van der Waals surface area contributed by atoms with Gasteiger partial charge in [0.15, 0.2) is 5.71 Å². The van der Waals surface area contributed by atoms with E-state index in [1.165, 1.54) is 19.3 Å². The minimum Gasteiger partial charge on any atom is -0.477 e. The zero-order valence-electron chi connectivity index (χ0n) is 8.61. The van der Waals surface area contributed by atoms with Crippen LogP contribution in [0.2, 0.25) is 0 Å². The third-order valence-corrected chi connectivity index (χ3v) is 4.06. The van der Waals surface area contributed by atoms with Gasteiger partial charge in [-0.05, 0) is 31.1 Å². The van der Waals surface area contributed by atoms with E-state index in [-0.39, 0.29) is 11.3 Å². The standard InChI is InChI=1S/C11H15NO3/c13-10(14)9-6-11(15-12-9)4-7-1-2-8(3-7)5-11/h7-8H,1-6H2,(H,13,14). The Bertz CT molecular complexity index is 325. The zero-order chi connectivity index (χ0) is 10.5. The molecule has 3 rings (SSSR count). The van der Waals surface area contributed by atoms with E-state index in [0.29, 0.717) is 6.42 Å². The van der Waals surface area contributed by atoms with Crippen LogP contribution >= 0.6 is 0 Å². The lowest BCUT2D eigenvalue weighted by Crippen LogP contribution is -2.37. The average Bonchev–Trinajstić information content (AvgIpc) is 2.72. The molecule has 1 N–H and O–H groups in total. The van der Waals surface area contributed by atoms with Crippen LogP contribution < -0.4 is 0 Å². The lowest BCUT2D eigenvalue weighted by Gasteiger charge is -2.34. The van der Waals surface area contributed by atoms with Gasteiger partial charge < -0.3 is 9.94 Å². The van der Waals surface area contributed by atoms with Crippen LogP contribution in [0.4, 0.5) is 0 Å². The Hall–Kier alpha value is -1.06. The number of fused-ring (bicyclic) bond motifs is 2. The Labute approximate surface area is 88.3 Å². The predicted molar refractivity (Wildman–Crippen MR) is 53.6 cm³/mol. The van der Waals surface area contributed by atoms with Crippen molar-refractivity contribution in [3.8, 4) is 0 Å². The highest BCUT2D eigenvalue weighted by atomic mass is 16.7. The van der Waals surface area contributed by atoms with Crippen LogP contribution in [0.25, 0.3) is 0 Å². The van der Waals surface area contributed by atoms with Gasteiger partial charge in [0.1, 0.15) is 5.60 Å². The molecule has 0 aromatic carbocycles. The van der Waals surface area contributed by atoms with Crippen molar-refractivity contribution < 1.29 is 14.7 Å². The van der Waals surface area contributed by atoms with Crippen molar-refractivity contribution >= 4 is 11.7 Å². The Morgan fingerprint density at radius 1 is 1.40 bits per heavy atom. The number of aliphatic carboxylic acids is 1. The minimum atomic E-state index is -0.926. The summed E-state index contributed by atoms with van der Waals surface area (Å²) in [5.41, 5.74) is -0.0473. The van der Waals surface area contributed by atoms with E-state index in [1.54, 1.807) is 0 Å². The maximum atomic E-state index is 10.8. The lowest BCUT2D eigenvalue weighted by atomic mass is 9.75. The van der Waals surface area contributed by atoms with Gasteiger partial charge in [-0.3, -0.25) is 0 Å². The molecule has 2 saturated carbocycles. The van der Waals surface area contributed by atoms with Gasteiger partial charge in [-0.25, -0.2) is 4.79 Å². The van der Waals surface area contributed by atoms with Gasteiger partial charge in [0.2, 0.25) is 0 Å². The molecule has 1 aliphatic heterocycles. The van der Waals surface area contributed by atoms with E-state index in [0.717, 1.165) is 24.7 Å². The number of nitrogens with zero attached hydrogens (tertiary/aromatic N) is 1. The third-order valence-electron chi connectivity index (χ3n) is 4.06. The van der Waals surface area contributed by atoms with Crippen molar-refractivity contribution in [1.82, 2.24) is 0 Å². The molecule has 1 heterocycles. The first kappa shape index (κ1) is 9.19. The summed E-state index contributed by atoms with van der Waals surface area (Å²) in [5.74, 6) is 0.559. The summed E-state index contributed by atoms with van der Waals surface area (Å²) in [4.78, 5) is 16.2. The Kier molecular flexibility index (Phi) is 1.82. The lowest BCUT2D eigenvalue weighted by molar-refractivity contribution is -0.129. The van der Waals surface area contributed by atoms with Gasteiger partial charge in [-0.2, -0.15) is 0 Å². The zero-order valence-corrected chi connectivity index (χ0v) is 8.61. The minimum absolute atomic E-state index is 0.205. The van der Waals surface area contributed by atoms with E-state index in [9.17, 15) is 4.79 Å². The fourth-order valence-corrected chi connectivity index (χ4v) is 3.54. The first-order valence-corrected chi connectivity index (χ1v) is 5.65. The van der Waals surface area contributed by atoms with Crippen LogP contribution in [0.1, 0.15) is 38.5 Å². The van der Waals surface area contributed by atoms with E-state index in [2.05, 4.69) is 5.16 Å². The highest BCUT2D eigenvalue weighted by molar-refractivity contribution is 6.36. The van der Waals surface area contributed by atoms with Gasteiger partial charge in [-0.1, -0.05) is 18.0 Å². The Morgan fingerprint density at radius 2 is 2.07 bits per heavy atom. The summed E-state index contributed by atoms with van der Waals surface area (Å²) in [6, 6.07) is 0. The Balaban J connectivity index is 1.76. The molecular weight excluding hydrogens is 194 g/mol. The third kappa shape index (κ3) is 1.43. The summed E-state index contributed by atoms with van der Waals surface area (Å²) >= 11 is 0. The number of carboxylic acids is 1. The predicted octanol–water partition coefficient (Wildman–Crippen LogP) is 1.80. The summed E-state index contributed by atoms with van der Waals surface area (Å²) in [6.07, 6.45) is 6.41. The average molecular weight is 209 g/mol. The number of hydrogen-bond donors (Lipinski definition) is 1. The molecule has 4 heteroatoms. The molecule has 0 amide bonds. The van der Waals surface area contributed by atoms with Gasteiger partial charge >= 0.3 is 5.97 Å². The van der Waals surface area contributed by atoms with Crippen LogP contribution in [0, 0.1) is 11.8 Å².